The standard InChI is InChI=1S/C15H14N2S2/c1-10-4-5-13-14(7-10)19-15(17-13)11(9-16)8-12-3-2-6-18-12/h2-3,6,8,10H,4-5,7H2,1H3/b11-8+/t10-/m0/s1. The lowest BCUT2D eigenvalue weighted by atomic mass is 9.93. The van der Waals surface area contributed by atoms with Crippen molar-refractivity contribution in [2.45, 2.75) is 26.2 Å². The fourth-order valence-electron chi connectivity index (χ4n) is 2.31. The van der Waals surface area contributed by atoms with Gasteiger partial charge in [0.15, 0.2) is 0 Å². The van der Waals surface area contributed by atoms with Crippen LogP contribution in [0.1, 0.15) is 33.8 Å². The summed E-state index contributed by atoms with van der Waals surface area (Å²) in [4.78, 5) is 7.15. The van der Waals surface area contributed by atoms with Crippen molar-refractivity contribution in [2.75, 3.05) is 0 Å². The number of allylic oxidation sites excluding steroid dienone is 1. The maximum Gasteiger partial charge on any atom is 0.134 e. The summed E-state index contributed by atoms with van der Waals surface area (Å²) in [6.45, 7) is 2.29. The summed E-state index contributed by atoms with van der Waals surface area (Å²) in [6, 6.07) is 6.32. The van der Waals surface area contributed by atoms with Crippen molar-refractivity contribution in [3.63, 3.8) is 0 Å². The van der Waals surface area contributed by atoms with E-state index in [1.807, 2.05) is 23.6 Å². The van der Waals surface area contributed by atoms with Gasteiger partial charge in [-0.15, -0.1) is 22.7 Å². The Balaban J connectivity index is 1.95. The van der Waals surface area contributed by atoms with Crippen molar-refractivity contribution in [3.8, 4) is 6.07 Å². The minimum atomic E-state index is 0.689. The molecule has 96 valence electrons. The van der Waals surface area contributed by atoms with Crippen LogP contribution < -0.4 is 0 Å². The Bertz CT molecular complexity index is 644. The molecule has 0 saturated carbocycles. The van der Waals surface area contributed by atoms with Gasteiger partial charge in [-0.1, -0.05) is 13.0 Å². The molecule has 4 heteroatoms. The van der Waals surface area contributed by atoms with Crippen molar-refractivity contribution in [3.05, 3.63) is 38.0 Å². The van der Waals surface area contributed by atoms with Crippen molar-refractivity contribution >= 4 is 34.3 Å². The minimum absolute atomic E-state index is 0.689. The summed E-state index contributed by atoms with van der Waals surface area (Å²) in [5, 5.41) is 12.3. The molecular formula is C15H14N2S2. The number of fused-ring (bicyclic) bond motifs is 1. The van der Waals surface area contributed by atoms with Gasteiger partial charge in [-0.25, -0.2) is 4.98 Å². The van der Waals surface area contributed by atoms with E-state index in [9.17, 15) is 5.26 Å². The van der Waals surface area contributed by atoms with Crippen LogP contribution >= 0.6 is 22.7 Å². The number of hydrogen-bond acceptors (Lipinski definition) is 4. The van der Waals surface area contributed by atoms with Gasteiger partial charge >= 0.3 is 0 Å². The molecule has 1 atom stereocenters. The molecular weight excluding hydrogens is 272 g/mol. The second kappa shape index (κ2) is 5.28. The first kappa shape index (κ1) is 12.6. The van der Waals surface area contributed by atoms with E-state index in [0.29, 0.717) is 5.57 Å². The second-order valence-electron chi connectivity index (χ2n) is 4.92. The van der Waals surface area contributed by atoms with E-state index < -0.39 is 0 Å². The first-order valence-electron chi connectivity index (χ1n) is 6.40. The number of nitriles is 1. The number of thiazole rings is 1. The molecule has 0 N–H and O–H groups in total. The molecule has 1 aliphatic rings. The molecule has 0 radical (unpaired) electrons. The van der Waals surface area contributed by atoms with E-state index in [1.165, 1.54) is 17.0 Å². The van der Waals surface area contributed by atoms with Gasteiger partial charge in [0, 0.05) is 9.75 Å². The first-order valence-corrected chi connectivity index (χ1v) is 8.10. The third kappa shape index (κ3) is 2.63. The minimum Gasteiger partial charge on any atom is -0.240 e. The molecule has 2 aromatic rings. The van der Waals surface area contributed by atoms with E-state index in [-0.39, 0.29) is 0 Å². The van der Waals surface area contributed by atoms with E-state index in [2.05, 4.69) is 18.0 Å². The molecule has 1 aliphatic carbocycles. The van der Waals surface area contributed by atoms with Gasteiger partial charge in [0.2, 0.25) is 0 Å². The summed E-state index contributed by atoms with van der Waals surface area (Å²) in [5.41, 5.74) is 1.90. The molecule has 0 aliphatic heterocycles. The molecule has 3 rings (SSSR count). The lowest BCUT2D eigenvalue weighted by Gasteiger charge is -2.15. The van der Waals surface area contributed by atoms with Gasteiger partial charge in [-0.2, -0.15) is 5.26 Å². The van der Waals surface area contributed by atoms with Crippen LogP contribution in [0.25, 0.3) is 11.6 Å². The molecule has 0 spiro atoms. The quantitative estimate of drug-likeness (QED) is 0.767. The third-order valence-corrected chi connectivity index (χ3v) is 5.34. The van der Waals surface area contributed by atoms with Gasteiger partial charge in [-0.3, -0.25) is 0 Å². The van der Waals surface area contributed by atoms with Crippen LogP contribution in [0.3, 0.4) is 0 Å². The highest BCUT2D eigenvalue weighted by atomic mass is 32.1. The second-order valence-corrected chi connectivity index (χ2v) is 6.98. The third-order valence-electron chi connectivity index (χ3n) is 3.37. The predicted octanol–water partition coefficient (Wildman–Crippen LogP) is 4.39. The number of nitrogens with zero attached hydrogens (tertiary/aromatic N) is 2. The van der Waals surface area contributed by atoms with Crippen LogP contribution in [0.4, 0.5) is 0 Å². The van der Waals surface area contributed by atoms with Crippen LogP contribution in [-0.4, -0.2) is 4.98 Å². The monoisotopic (exact) mass is 286 g/mol. The number of rotatable bonds is 2. The largest absolute Gasteiger partial charge is 0.240 e. The molecule has 2 aromatic heterocycles. The van der Waals surface area contributed by atoms with Gasteiger partial charge in [0.05, 0.1) is 11.3 Å². The lowest BCUT2D eigenvalue weighted by Crippen LogP contribution is -2.09. The van der Waals surface area contributed by atoms with Crippen molar-refractivity contribution in [1.29, 1.82) is 5.26 Å². The summed E-state index contributed by atoms with van der Waals surface area (Å²) in [5.74, 6) is 0.743. The van der Waals surface area contributed by atoms with Crippen molar-refractivity contribution in [2.24, 2.45) is 5.92 Å². The van der Waals surface area contributed by atoms with Crippen LogP contribution in [0.15, 0.2) is 17.5 Å². The highest BCUT2D eigenvalue weighted by Gasteiger charge is 2.20. The number of aromatic nitrogens is 1. The fourth-order valence-corrected chi connectivity index (χ4v) is 4.21. The number of hydrogen-bond donors (Lipinski definition) is 0. The van der Waals surface area contributed by atoms with Crippen LogP contribution in [0.5, 0.6) is 0 Å². The summed E-state index contributed by atoms with van der Waals surface area (Å²) in [7, 11) is 0. The van der Waals surface area contributed by atoms with Crippen LogP contribution in [-0.2, 0) is 12.8 Å². The Kier molecular flexibility index (Phi) is 3.50. The SMILES string of the molecule is C[C@H]1CCc2nc(/C(C#N)=C/c3cccs3)sc2C1. The average Bonchev–Trinajstić information content (AvgIpc) is 3.03. The maximum atomic E-state index is 9.34. The van der Waals surface area contributed by atoms with Crippen LogP contribution in [0.2, 0.25) is 0 Å². The van der Waals surface area contributed by atoms with Crippen molar-refractivity contribution in [1.82, 2.24) is 4.98 Å². The smallest absolute Gasteiger partial charge is 0.134 e. The van der Waals surface area contributed by atoms with E-state index in [1.54, 1.807) is 22.7 Å². The Morgan fingerprint density at radius 1 is 1.58 bits per heavy atom. The normalized spacial score (nSPS) is 18.9. The molecule has 19 heavy (non-hydrogen) atoms. The van der Waals surface area contributed by atoms with Crippen molar-refractivity contribution < 1.29 is 0 Å². The summed E-state index contributed by atoms with van der Waals surface area (Å²) >= 11 is 3.34. The summed E-state index contributed by atoms with van der Waals surface area (Å²) in [6.07, 6.45) is 5.33. The summed E-state index contributed by atoms with van der Waals surface area (Å²) < 4.78 is 0. The average molecular weight is 286 g/mol. The zero-order valence-electron chi connectivity index (χ0n) is 10.7. The Morgan fingerprint density at radius 2 is 2.47 bits per heavy atom. The maximum absolute atomic E-state index is 9.34. The van der Waals surface area contributed by atoms with E-state index in [4.69, 9.17) is 0 Å². The zero-order valence-corrected chi connectivity index (χ0v) is 12.4. The number of thiophene rings is 1. The molecule has 2 heterocycles. The molecule has 0 unspecified atom stereocenters. The zero-order chi connectivity index (χ0) is 13.2. The first-order chi connectivity index (χ1) is 9.26. The molecule has 0 fully saturated rings. The van der Waals surface area contributed by atoms with Gasteiger partial charge in [0.25, 0.3) is 0 Å². The van der Waals surface area contributed by atoms with Gasteiger partial charge in [-0.05, 0) is 42.7 Å². The Morgan fingerprint density at radius 3 is 3.21 bits per heavy atom. The highest BCUT2D eigenvalue weighted by Crippen LogP contribution is 2.33. The highest BCUT2D eigenvalue weighted by molar-refractivity contribution is 7.13. The van der Waals surface area contributed by atoms with E-state index >= 15 is 0 Å². The fraction of sp³-hybridized carbons (Fsp3) is 0.333. The predicted molar refractivity (Wildman–Crippen MR) is 81.1 cm³/mol. The molecule has 0 saturated heterocycles. The van der Waals surface area contributed by atoms with Crippen LogP contribution in [0, 0.1) is 17.2 Å². The molecule has 0 aromatic carbocycles. The van der Waals surface area contributed by atoms with Gasteiger partial charge in [0.1, 0.15) is 11.1 Å². The molecule has 2 nitrogen and oxygen atoms in total. The molecule has 0 bridgehead atoms. The number of aryl methyl sites for hydroxylation is 1. The molecule has 0 amide bonds. The Hall–Kier alpha value is -1.44. The van der Waals surface area contributed by atoms with E-state index in [0.717, 1.165) is 28.6 Å². The lowest BCUT2D eigenvalue weighted by molar-refractivity contribution is 0.502. The van der Waals surface area contributed by atoms with Gasteiger partial charge < -0.3 is 0 Å². The Labute approximate surface area is 121 Å². The topological polar surface area (TPSA) is 36.7 Å².